The Labute approximate surface area is 112 Å². The van der Waals surface area contributed by atoms with E-state index in [4.69, 9.17) is 4.52 Å². The number of nitrogens with one attached hydrogen (secondary N) is 1. The molecule has 1 aromatic heterocycles. The molecule has 106 valence electrons. The van der Waals surface area contributed by atoms with Gasteiger partial charge < -0.3 is 9.42 Å². The fraction of sp³-hybridized carbons (Fsp3) is 0.636. The monoisotopic (exact) mass is 287 g/mol. The standard InChI is InChI=1S/C11H17N3O4S/c1-8-7-10(12-18-8)11(15)14-5-3-9(4-6-14)13-19(2,16)17/h7,9,13H,3-6H2,1-2H3. The van der Waals surface area contributed by atoms with Crippen LogP contribution in [-0.4, -0.2) is 49.8 Å². The van der Waals surface area contributed by atoms with Crippen LogP contribution < -0.4 is 4.72 Å². The molecule has 1 fully saturated rings. The molecule has 1 aliphatic rings. The minimum absolute atomic E-state index is 0.0990. The minimum Gasteiger partial charge on any atom is -0.361 e. The molecule has 1 saturated heterocycles. The summed E-state index contributed by atoms with van der Waals surface area (Å²) in [5.41, 5.74) is 0.298. The van der Waals surface area contributed by atoms with Gasteiger partial charge in [-0.1, -0.05) is 5.16 Å². The molecule has 0 bridgehead atoms. The van der Waals surface area contributed by atoms with Gasteiger partial charge in [-0.25, -0.2) is 13.1 Å². The number of hydrogen-bond donors (Lipinski definition) is 1. The first-order valence-electron chi connectivity index (χ1n) is 6.05. The number of aryl methyl sites for hydroxylation is 1. The van der Waals surface area contributed by atoms with Crippen LogP contribution in [0, 0.1) is 6.92 Å². The van der Waals surface area contributed by atoms with Crippen molar-refractivity contribution in [3.8, 4) is 0 Å². The van der Waals surface area contributed by atoms with Crippen molar-refractivity contribution >= 4 is 15.9 Å². The number of aromatic nitrogens is 1. The van der Waals surface area contributed by atoms with Crippen LogP contribution in [0.1, 0.15) is 29.1 Å². The molecule has 2 rings (SSSR count). The molecule has 7 nitrogen and oxygen atoms in total. The van der Waals surface area contributed by atoms with Gasteiger partial charge in [-0.15, -0.1) is 0 Å². The van der Waals surface area contributed by atoms with Crippen molar-refractivity contribution in [2.45, 2.75) is 25.8 Å². The van der Waals surface area contributed by atoms with E-state index in [9.17, 15) is 13.2 Å². The maximum absolute atomic E-state index is 12.1. The second-order valence-corrected chi connectivity index (χ2v) is 6.56. The molecular weight excluding hydrogens is 270 g/mol. The SMILES string of the molecule is Cc1cc(C(=O)N2CCC(NS(C)(=O)=O)CC2)no1. The highest BCUT2D eigenvalue weighted by Gasteiger charge is 2.26. The molecule has 1 aliphatic heterocycles. The maximum Gasteiger partial charge on any atom is 0.276 e. The Hall–Kier alpha value is -1.41. The maximum atomic E-state index is 12.1. The lowest BCUT2D eigenvalue weighted by molar-refractivity contribution is 0.0701. The second kappa shape index (κ2) is 5.30. The first-order chi connectivity index (χ1) is 8.85. The first kappa shape index (κ1) is 14.0. The number of rotatable bonds is 3. The molecule has 19 heavy (non-hydrogen) atoms. The van der Waals surface area contributed by atoms with Crippen molar-refractivity contribution in [3.63, 3.8) is 0 Å². The van der Waals surface area contributed by atoms with E-state index < -0.39 is 10.0 Å². The van der Waals surface area contributed by atoms with Crippen molar-refractivity contribution in [3.05, 3.63) is 17.5 Å². The molecule has 0 saturated carbocycles. The number of amides is 1. The van der Waals surface area contributed by atoms with Crippen LogP contribution in [0.4, 0.5) is 0 Å². The Morgan fingerprint density at radius 3 is 2.58 bits per heavy atom. The number of nitrogens with zero attached hydrogens (tertiary/aromatic N) is 2. The van der Waals surface area contributed by atoms with E-state index in [1.807, 2.05) is 0 Å². The number of carbonyl (C=O) groups is 1. The van der Waals surface area contributed by atoms with E-state index in [0.29, 0.717) is 37.4 Å². The molecule has 1 amide bonds. The van der Waals surface area contributed by atoms with Gasteiger partial charge in [0.25, 0.3) is 5.91 Å². The number of likely N-dealkylation sites (tertiary alicyclic amines) is 1. The number of sulfonamides is 1. The smallest absolute Gasteiger partial charge is 0.276 e. The van der Waals surface area contributed by atoms with E-state index in [0.717, 1.165) is 6.26 Å². The molecule has 0 unspecified atom stereocenters. The van der Waals surface area contributed by atoms with Crippen LogP contribution in [0.15, 0.2) is 10.6 Å². The van der Waals surface area contributed by atoms with Gasteiger partial charge in [0.15, 0.2) is 5.69 Å². The summed E-state index contributed by atoms with van der Waals surface area (Å²) in [4.78, 5) is 13.7. The van der Waals surface area contributed by atoms with Gasteiger partial charge >= 0.3 is 0 Å². The van der Waals surface area contributed by atoms with Gasteiger partial charge in [-0.3, -0.25) is 4.79 Å². The van der Waals surface area contributed by atoms with E-state index in [1.165, 1.54) is 0 Å². The Kier molecular flexibility index (Phi) is 3.91. The van der Waals surface area contributed by atoms with Crippen molar-refractivity contribution in [1.82, 2.24) is 14.8 Å². The zero-order chi connectivity index (χ0) is 14.0. The van der Waals surface area contributed by atoms with Crippen LogP contribution in [0.2, 0.25) is 0 Å². The molecule has 0 aromatic carbocycles. The minimum atomic E-state index is -3.19. The van der Waals surface area contributed by atoms with Gasteiger partial charge in [0, 0.05) is 25.2 Å². The summed E-state index contributed by atoms with van der Waals surface area (Å²) in [7, 11) is -3.19. The average Bonchev–Trinajstić information content (AvgIpc) is 2.74. The van der Waals surface area contributed by atoms with Gasteiger partial charge in [0.2, 0.25) is 10.0 Å². The van der Waals surface area contributed by atoms with E-state index in [2.05, 4.69) is 9.88 Å². The molecule has 0 spiro atoms. The summed E-state index contributed by atoms with van der Waals surface area (Å²) in [5, 5.41) is 3.69. The van der Waals surface area contributed by atoms with Crippen LogP contribution >= 0.6 is 0 Å². The Morgan fingerprint density at radius 2 is 2.11 bits per heavy atom. The highest BCUT2D eigenvalue weighted by atomic mass is 32.2. The third kappa shape index (κ3) is 3.77. The van der Waals surface area contributed by atoms with E-state index in [-0.39, 0.29) is 11.9 Å². The Balaban J connectivity index is 1.91. The number of piperidine rings is 1. The van der Waals surface area contributed by atoms with Crippen LogP contribution in [0.3, 0.4) is 0 Å². The van der Waals surface area contributed by atoms with Gasteiger partial charge in [0.1, 0.15) is 5.76 Å². The summed E-state index contributed by atoms with van der Waals surface area (Å²) in [6.07, 6.45) is 2.36. The predicted molar refractivity (Wildman–Crippen MR) is 68.1 cm³/mol. The average molecular weight is 287 g/mol. The summed E-state index contributed by atoms with van der Waals surface area (Å²) in [5.74, 6) is 0.423. The largest absolute Gasteiger partial charge is 0.361 e. The van der Waals surface area contributed by atoms with E-state index >= 15 is 0 Å². The van der Waals surface area contributed by atoms with E-state index in [1.54, 1.807) is 17.9 Å². The lowest BCUT2D eigenvalue weighted by Gasteiger charge is -2.31. The predicted octanol–water partition coefficient (Wildman–Crippen LogP) is 0.137. The van der Waals surface area contributed by atoms with Gasteiger partial charge in [-0.05, 0) is 19.8 Å². The quantitative estimate of drug-likeness (QED) is 0.853. The lowest BCUT2D eigenvalue weighted by Crippen LogP contribution is -2.46. The molecule has 8 heteroatoms. The van der Waals surface area contributed by atoms with Gasteiger partial charge in [-0.2, -0.15) is 0 Å². The van der Waals surface area contributed by atoms with Crippen LogP contribution in [0.5, 0.6) is 0 Å². The number of carbonyl (C=O) groups excluding carboxylic acids is 1. The third-order valence-electron chi connectivity index (χ3n) is 3.01. The fourth-order valence-electron chi connectivity index (χ4n) is 2.13. The Morgan fingerprint density at radius 1 is 1.47 bits per heavy atom. The molecule has 1 N–H and O–H groups in total. The highest BCUT2D eigenvalue weighted by molar-refractivity contribution is 7.88. The van der Waals surface area contributed by atoms with Crippen LogP contribution in [0.25, 0.3) is 0 Å². The molecule has 1 aromatic rings. The summed E-state index contributed by atoms with van der Waals surface area (Å²) >= 11 is 0. The van der Waals surface area contributed by atoms with Crippen molar-refractivity contribution in [2.24, 2.45) is 0 Å². The Bertz CT molecular complexity index is 558. The van der Waals surface area contributed by atoms with Crippen molar-refractivity contribution in [1.29, 1.82) is 0 Å². The third-order valence-corrected chi connectivity index (χ3v) is 3.77. The van der Waals surface area contributed by atoms with Gasteiger partial charge in [0.05, 0.1) is 6.26 Å². The first-order valence-corrected chi connectivity index (χ1v) is 7.94. The normalized spacial score (nSPS) is 17.7. The summed E-state index contributed by atoms with van der Waals surface area (Å²) in [6, 6.07) is 1.50. The molecule has 0 aliphatic carbocycles. The fourth-order valence-corrected chi connectivity index (χ4v) is 2.97. The molecule has 0 radical (unpaired) electrons. The second-order valence-electron chi connectivity index (χ2n) is 4.78. The summed E-state index contributed by atoms with van der Waals surface area (Å²) < 4.78 is 29.7. The molecular formula is C11H17N3O4S. The number of hydrogen-bond acceptors (Lipinski definition) is 5. The zero-order valence-electron chi connectivity index (χ0n) is 10.9. The highest BCUT2D eigenvalue weighted by Crippen LogP contribution is 2.14. The molecule has 2 heterocycles. The zero-order valence-corrected chi connectivity index (χ0v) is 11.7. The molecule has 0 atom stereocenters. The lowest BCUT2D eigenvalue weighted by atomic mass is 10.1. The topological polar surface area (TPSA) is 92.5 Å². The van der Waals surface area contributed by atoms with Crippen molar-refractivity contribution in [2.75, 3.05) is 19.3 Å². The summed E-state index contributed by atoms with van der Waals surface area (Å²) in [6.45, 7) is 2.75. The van der Waals surface area contributed by atoms with Crippen LogP contribution in [-0.2, 0) is 10.0 Å². The van der Waals surface area contributed by atoms with Crippen molar-refractivity contribution < 1.29 is 17.7 Å².